The highest BCUT2D eigenvalue weighted by Crippen LogP contribution is 2.65. The van der Waals surface area contributed by atoms with E-state index in [1.165, 1.54) is 25.6 Å². The van der Waals surface area contributed by atoms with Crippen LogP contribution in [0.1, 0.15) is 17.7 Å². The highest BCUT2D eigenvalue weighted by Gasteiger charge is 2.31. The molecule has 0 aliphatic carbocycles. The van der Waals surface area contributed by atoms with Crippen molar-refractivity contribution >= 4 is 34.9 Å². The molecule has 0 aliphatic rings. The molecule has 0 amide bonds. The lowest BCUT2D eigenvalue weighted by atomic mass is 10.1. The molecule has 0 aromatic heterocycles. The van der Waals surface area contributed by atoms with Crippen LogP contribution in [0.3, 0.4) is 0 Å². The van der Waals surface area contributed by atoms with Crippen molar-refractivity contribution in [3.63, 3.8) is 0 Å². The van der Waals surface area contributed by atoms with Crippen molar-refractivity contribution in [2.75, 3.05) is 20.8 Å². The predicted molar refractivity (Wildman–Crippen MR) is 81.7 cm³/mol. The van der Waals surface area contributed by atoms with E-state index >= 15 is 0 Å². The van der Waals surface area contributed by atoms with Gasteiger partial charge in [0, 0.05) is 14.2 Å². The van der Waals surface area contributed by atoms with Crippen molar-refractivity contribution in [1.29, 1.82) is 0 Å². The number of carbonyl (C=O) groups is 1. The molecule has 1 rings (SSSR count). The summed E-state index contributed by atoms with van der Waals surface area (Å²) in [4.78, 5) is 12.1. The summed E-state index contributed by atoms with van der Waals surface area (Å²) >= 11 is 6.51. The van der Waals surface area contributed by atoms with Gasteiger partial charge < -0.3 is 13.8 Å². The average molecular weight is 320 g/mol. The fourth-order valence-corrected chi connectivity index (χ4v) is 5.08. The highest BCUT2D eigenvalue weighted by atomic mass is 32.9. The Morgan fingerprint density at radius 3 is 2.37 bits per heavy atom. The van der Waals surface area contributed by atoms with Gasteiger partial charge in [-0.2, -0.15) is 0 Å². The summed E-state index contributed by atoms with van der Waals surface area (Å²) in [6.07, 6.45) is 0. The molecule has 0 radical (unpaired) electrons. The molecular formula is C12H17O4PS2. The number of ether oxygens (including phenoxy) is 1. The van der Waals surface area contributed by atoms with Crippen LogP contribution >= 0.6 is 17.1 Å². The average Bonchev–Trinajstić information content (AvgIpc) is 2.45. The standard InChI is InChI=1S/C12H17O4PS2/c1-4-16-12(13)11(10-8-6-5-7-9-10)19-17(18,14-2)15-3/h5-9,11H,4H2,1-3H3/t11-/m1/s1. The molecular weight excluding hydrogens is 303 g/mol. The van der Waals surface area contributed by atoms with E-state index in [4.69, 9.17) is 25.6 Å². The molecule has 0 spiro atoms. The number of benzene rings is 1. The van der Waals surface area contributed by atoms with Gasteiger partial charge in [0.1, 0.15) is 5.25 Å². The summed E-state index contributed by atoms with van der Waals surface area (Å²) in [5.74, 6) is -0.331. The lowest BCUT2D eigenvalue weighted by Gasteiger charge is -2.22. The third kappa shape index (κ3) is 4.89. The molecule has 0 N–H and O–H groups in total. The van der Waals surface area contributed by atoms with E-state index in [9.17, 15) is 4.79 Å². The normalized spacial score (nSPS) is 13.0. The second-order valence-electron chi connectivity index (χ2n) is 3.46. The molecule has 19 heavy (non-hydrogen) atoms. The zero-order chi connectivity index (χ0) is 14.3. The zero-order valence-electron chi connectivity index (χ0n) is 11.1. The Hall–Kier alpha value is -0.390. The van der Waals surface area contributed by atoms with Crippen molar-refractivity contribution in [2.24, 2.45) is 0 Å². The molecule has 1 aromatic carbocycles. The predicted octanol–water partition coefficient (Wildman–Crippen LogP) is 3.54. The minimum atomic E-state index is -2.53. The summed E-state index contributed by atoms with van der Waals surface area (Å²) < 4.78 is 15.5. The second-order valence-corrected chi connectivity index (χ2v) is 9.98. The summed E-state index contributed by atoms with van der Waals surface area (Å²) in [5.41, 5.74) is -1.70. The fraction of sp³-hybridized carbons (Fsp3) is 0.417. The van der Waals surface area contributed by atoms with Gasteiger partial charge in [-0.15, -0.1) is 0 Å². The van der Waals surface area contributed by atoms with E-state index < -0.39 is 10.9 Å². The van der Waals surface area contributed by atoms with Crippen LogP contribution in [0.4, 0.5) is 0 Å². The molecule has 1 aromatic rings. The minimum Gasteiger partial charge on any atom is -0.465 e. The van der Waals surface area contributed by atoms with Gasteiger partial charge in [0.2, 0.25) is 5.69 Å². The largest absolute Gasteiger partial charge is 0.465 e. The molecule has 0 bridgehead atoms. The Morgan fingerprint density at radius 1 is 1.32 bits per heavy atom. The van der Waals surface area contributed by atoms with Crippen LogP contribution in [0.2, 0.25) is 0 Å². The first-order valence-electron chi connectivity index (χ1n) is 5.67. The van der Waals surface area contributed by atoms with Gasteiger partial charge in [0.05, 0.1) is 6.61 Å². The van der Waals surface area contributed by atoms with Crippen LogP contribution in [0.25, 0.3) is 0 Å². The number of hydrogen-bond acceptors (Lipinski definition) is 6. The van der Waals surface area contributed by atoms with Crippen molar-refractivity contribution < 1.29 is 18.6 Å². The van der Waals surface area contributed by atoms with E-state index in [2.05, 4.69) is 0 Å². The van der Waals surface area contributed by atoms with Crippen LogP contribution in [0.15, 0.2) is 30.3 Å². The first kappa shape index (κ1) is 16.7. The molecule has 0 aliphatic heterocycles. The van der Waals surface area contributed by atoms with Gasteiger partial charge in [0.15, 0.2) is 0 Å². The van der Waals surface area contributed by atoms with E-state index in [1.807, 2.05) is 30.3 Å². The lowest BCUT2D eigenvalue weighted by Crippen LogP contribution is -2.13. The Morgan fingerprint density at radius 2 is 1.89 bits per heavy atom. The van der Waals surface area contributed by atoms with Gasteiger partial charge in [-0.25, -0.2) is 0 Å². The minimum absolute atomic E-state index is 0.325. The Bertz CT molecular complexity index is 444. The molecule has 0 saturated heterocycles. The van der Waals surface area contributed by atoms with Crippen molar-refractivity contribution in [1.82, 2.24) is 0 Å². The molecule has 7 heteroatoms. The van der Waals surface area contributed by atoms with E-state index in [0.717, 1.165) is 5.56 Å². The highest BCUT2D eigenvalue weighted by molar-refractivity contribution is 8.68. The van der Waals surface area contributed by atoms with E-state index in [1.54, 1.807) is 6.92 Å². The van der Waals surface area contributed by atoms with Crippen molar-refractivity contribution in [3.8, 4) is 0 Å². The molecule has 1 atom stereocenters. The number of carbonyl (C=O) groups excluding carboxylic acids is 1. The van der Waals surface area contributed by atoms with Crippen LogP contribution < -0.4 is 0 Å². The lowest BCUT2D eigenvalue weighted by molar-refractivity contribution is -0.142. The first-order valence-corrected chi connectivity index (χ1v) is 9.80. The molecule has 0 saturated carbocycles. The molecule has 0 heterocycles. The van der Waals surface area contributed by atoms with Crippen LogP contribution in [0.5, 0.6) is 0 Å². The quantitative estimate of drug-likeness (QED) is 0.565. The summed E-state index contributed by atoms with van der Waals surface area (Å²) in [6.45, 7) is 2.10. The summed E-state index contributed by atoms with van der Waals surface area (Å²) in [7, 11) is 2.98. The first-order chi connectivity index (χ1) is 9.06. The maximum absolute atomic E-state index is 12.1. The van der Waals surface area contributed by atoms with Crippen molar-refractivity contribution in [3.05, 3.63) is 35.9 Å². The van der Waals surface area contributed by atoms with Crippen LogP contribution in [-0.2, 0) is 30.4 Å². The van der Waals surface area contributed by atoms with Gasteiger partial charge in [0.25, 0.3) is 0 Å². The number of hydrogen-bond donors (Lipinski definition) is 0. The van der Waals surface area contributed by atoms with E-state index in [0.29, 0.717) is 6.61 Å². The molecule has 0 unspecified atom stereocenters. The van der Waals surface area contributed by atoms with Crippen LogP contribution in [-0.4, -0.2) is 26.8 Å². The van der Waals surface area contributed by atoms with Gasteiger partial charge in [-0.3, -0.25) is 4.79 Å². The van der Waals surface area contributed by atoms with Gasteiger partial charge >= 0.3 is 5.97 Å². The smallest absolute Gasteiger partial charge is 0.324 e. The van der Waals surface area contributed by atoms with Gasteiger partial charge in [-0.1, -0.05) is 41.7 Å². The topological polar surface area (TPSA) is 44.8 Å². The molecule has 4 nitrogen and oxygen atoms in total. The fourth-order valence-electron chi connectivity index (χ4n) is 1.38. The van der Waals surface area contributed by atoms with Crippen molar-refractivity contribution in [2.45, 2.75) is 12.2 Å². The number of esters is 1. The molecule has 0 fully saturated rings. The Labute approximate surface area is 122 Å². The maximum Gasteiger partial charge on any atom is 0.324 e. The van der Waals surface area contributed by atoms with E-state index in [-0.39, 0.29) is 5.97 Å². The third-order valence-electron chi connectivity index (χ3n) is 2.28. The summed E-state index contributed by atoms with van der Waals surface area (Å²) in [6, 6.07) is 9.34. The maximum atomic E-state index is 12.1. The van der Waals surface area contributed by atoms with Gasteiger partial charge in [-0.05, 0) is 24.3 Å². The zero-order valence-corrected chi connectivity index (χ0v) is 13.6. The number of rotatable bonds is 7. The monoisotopic (exact) mass is 320 g/mol. The second kappa shape index (κ2) is 8.02. The Kier molecular flexibility index (Phi) is 7.04. The SMILES string of the molecule is CCOC(=O)[C@H](SP(=S)(OC)OC)c1ccccc1. The Balaban J connectivity index is 3.00. The van der Waals surface area contributed by atoms with Crippen LogP contribution in [0, 0.1) is 0 Å². The molecule has 106 valence electrons. The summed E-state index contributed by atoms with van der Waals surface area (Å²) in [5, 5.41) is -0.535. The third-order valence-corrected chi connectivity index (χ3v) is 8.08.